The van der Waals surface area contributed by atoms with Crippen molar-refractivity contribution in [2.75, 3.05) is 6.61 Å². The zero-order valence-corrected chi connectivity index (χ0v) is 12.2. The van der Waals surface area contributed by atoms with Crippen molar-refractivity contribution in [1.82, 2.24) is 4.90 Å². The molecule has 1 saturated heterocycles. The Kier molecular flexibility index (Phi) is 3.97. The summed E-state index contributed by atoms with van der Waals surface area (Å²) in [5, 5.41) is 0. The Balaban J connectivity index is 1.70. The minimum absolute atomic E-state index is 0.0913. The van der Waals surface area contributed by atoms with Crippen LogP contribution < -0.4 is 0 Å². The number of nitrogens with zero attached hydrogens (tertiary/aromatic N) is 1. The number of ether oxygens (including phenoxy) is 2. The quantitative estimate of drug-likeness (QED) is 0.799. The topological polar surface area (TPSA) is 38.8 Å². The van der Waals surface area contributed by atoms with Gasteiger partial charge in [-0.3, -0.25) is 4.90 Å². The van der Waals surface area contributed by atoms with Gasteiger partial charge in [-0.05, 0) is 31.2 Å². The van der Waals surface area contributed by atoms with Crippen LogP contribution in [0.15, 0.2) is 43.0 Å². The smallest absolute Gasteiger partial charge is 0.412 e. The van der Waals surface area contributed by atoms with E-state index in [0.29, 0.717) is 6.61 Å². The largest absolute Gasteiger partial charge is 0.444 e. The number of amides is 1. The molecule has 1 amide bonds. The lowest BCUT2D eigenvalue weighted by atomic mass is 10.1. The second-order valence-electron chi connectivity index (χ2n) is 5.68. The molecule has 4 heteroatoms. The summed E-state index contributed by atoms with van der Waals surface area (Å²) in [5.41, 5.74) is 0.522. The monoisotopic (exact) mass is 287 g/mol. The molecule has 1 aliphatic heterocycles. The highest BCUT2D eigenvalue weighted by molar-refractivity contribution is 5.70. The second-order valence-corrected chi connectivity index (χ2v) is 5.68. The predicted molar refractivity (Wildman–Crippen MR) is 79.6 cm³/mol. The first-order chi connectivity index (χ1) is 10.2. The Morgan fingerprint density at radius 3 is 2.76 bits per heavy atom. The highest BCUT2D eigenvalue weighted by Crippen LogP contribution is 2.42. The molecule has 1 atom stereocenters. The van der Waals surface area contributed by atoms with Crippen LogP contribution in [0.1, 0.15) is 31.2 Å². The molecule has 0 N–H and O–H groups in total. The van der Waals surface area contributed by atoms with E-state index >= 15 is 0 Å². The number of hydrogen-bond donors (Lipinski definition) is 0. The molecule has 4 nitrogen and oxygen atoms in total. The summed E-state index contributed by atoms with van der Waals surface area (Å²) in [6, 6.07) is 9.63. The van der Waals surface area contributed by atoms with Crippen molar-refractivity contribution < 1.29 is 14.3 Å². The van der Waals surface area contributed by atoms with Crippen LogP contribution in [0.5, 0.6) is 0 Å². The Morgan fingerprint density at radius 1 is 1.38 bits per heavy atom. The number of benzene rings is 1. The third kappa shape index (κ3) is 2.68. The molecule has 1 aromatic rings. The van der Waals surface area contributed by atoms with Gasteiger partial charge in [-0.1, -0.05) is 36.4 Å². The van der Waals surface area contributed by atoms with Gasteiger partial charge in [-0.2, -0.15) is 0 Å². The van der Waals surface area contributed by atoms with Crippen molar-refractivity contribution in [1.29, 1.82) is 0 Å². The van der Waals surface area contributed by atoms with Crippen molar-refractivity contribution >= 4 is 6.09 Å². The van der Waals surface area contributed by atoms with Gasteiger partial charge in [0.15, 0.2) is 0 Å². The van der Waals surface area contributed by atoms with Gasteiger partial charge in [0.05, 0.1) is 12.6 Å². The van der Waals surface area contributed by atoms with E-state index in [1.54, 1.807) is 11.0 Å². The Hall–Kier alpha value is -1.81. The molecule has 0 unspecified atom stereocenters. The van der Waals surface area contributed by atoms with Crippen LogP contribution >= 0.6 is 0 Å². The van der Waals surface area contributed by atoms with Gasteiger partial charge in [0.2, 0.25) is 0 Å². The minimum Gasteiger partial charge on any atom is -0.444 e. The summed E-state index contributed by atoms with van der Waals surface area (Å²) in [5.74, 6) is 0. The molecule has 1 spiro atoms. The van der Waals surface area contributed by atoms with Crippen molar-refractivity contribution in [3.05, 3.63) is 48.6 Å². The second kappa shape index (κ2) is 5.90. The van der Waals surface area contributed by atoms with Gasteiger partial charge >= 0.3 is 6.09 Å². The van der Waals surface area contributed by atoms with Crippen molar-refractivity contribution in [2.45, 2.75) is 44.1 Å². The van der Waals surface area contributed by atoms with Crippen LogP contribution in [0.2, 0.25) is 0 Å². The third-order valence-electron chi connectivity index (χ3n) is 4.35. The van der Waals surface area contributed by atoms with Gasteiger partial charge in [0.25, 0.3) is 0 Å². The van der Waals surface area contributed by atoms with E-state index < -0.39 is 5.72 Å². The van der Waals surface area contributed by atoms with Gasteiger partial charge in [-0.25, -0.2) is 4.79 Å². The minimum atomic E-state index is -0.466. The highest BCUT2D eigenvalue weighted by atomic mass is 16.6. The van der Waals surface area contributed by atoms with Gasteiger partial charge < -0.3 is 9.47 Å². The molecule has 0 bridgehead atoms. The molecular weight excluding hydrogens is 266 g/mol. The van der Waals surface area contributed by atoms with Crippen molar-refractivity contribution in [2.24, 2.45) is 0 Å². The number of rotatable bonds is 3. The zero-order chi connectivity index (χ0) is 14.7. The Labute approximate surface area is 125 Å². The van der Waals surface area contributed by atoms with Gasteiger partial charge in [-0.15, -0.1) is 6.58 Å². The molecule has 1 aromatic carbocycles. The molecule has 21 heavy (non-hydrogen) atoms. The molecule has 1 heterocycles. The van der Waals surface area contributed by atoms with Gasteiger partial charge in [0.1, 0.15) is 12.3 Å². The highest BCUT2D eigenvalue weighted by Gasteiger charge is 2.51. The zero-order valence-electron chi connectivity index (χ0n) is 12.2. The Morgan fingerprint density at radius 2 is 2.10 bits per heavy atom. The SMILES string of the molecule is C=C[C@H]1COC2(CCCC2)N1C(=O)OCc1ccccc1. The first kappa shape index (κ1) is 14.1. The summed E-state index contributed by atoms with van der Waals surface area (Å²) < 4.78 is 11.4. The van der Waals surface area contributed by atoms with Gasteiger partial charge in [0, 0.05) is 0 Å². The summed E-state index contributed by atoms with van der Waals surface area (Å²) in [6.45, 7) is 4.62. The van der Waals surface area contributed by atoms with Crippen LogP contribution in [0.4, 0.5) is 4.79 Å². The maximum absolute atomic E-state index is 12.5. The van der Waals surface area contributed by atoms with Crippen LogP contribution in [0.3, 0.4) is 0 Å². The number of carbonyl (C=O) groups is 1. The first-order valence-corrected chi connectivity index (χ1v) is 7.52. The summed E-state index contributed by atoms with van der Waals surface area (Å²) in [7, 11) is 0. The van der Waals surface area contributed by atoms with Crippen molar-refractivity contribution in [3.63, 3.8) is 0 Å². The van der Waals surface area contributed by atoms with E-state index in [4.69, 9.17) is 9.47 Å². The molecule has 0 radical (unpaired) electrons. The lowest BCUT2D eigenvalue weighted by molar-refractivity contribution is -0.0714. The Bertz CT molecular complexity index is 508. The van der Waals surface area contributed by atoms with E-state index in [1.807, 2.05) is 30.3 Å². The molecule has 112 valence electrons. The van der Waals surface area contributed by atoms with Crippen LogP contribution in [0.25, 0.3) is 0 Å². The molecule has 2 fully saturated rings. The third-order valence-corrected chi connectivity index (χ3v) is 4.35. The standard InChI is InChI=1S/C17H21NO3/c1-2-15-13-21-17(10-6-7-11-17)18(15)16(19)20-12-14-8-4-3-5-9-14/h2-5,8-9,15H,1,6-7,10-13H2/t15-/m0/s1. The summed E-state index contributed by atoms with van der Waals surface area (Å²) in [4.78, 5) is 14.3. The predicted octanol–water partition coefficient (Wildman–Crippen LogP) is 3.48. The molecule has 3 rings (SSSR count). The maximum Gasteiger partial charge on any atom is 0.412 e. The van der Waals surface area contributed by atoms with E-state index in [1.165, 1.54) is 0 Å². The van der Waals surface area contributed by atoms with E-state index in [9.17, 15) is 4.79 Å². The normalized spacial score (nSPS) is 23.4. The molecule has 1 saturated carbocycles. The van der Waals surface area contributed by atoms with Crippen molar-refractivity contribution in [3.8, 4) is 0 Å². The fourth-order valence-electron chi connectivity index (χ4n) is 3.26. The van der Waals surface area contributed by atoms with Crippen LogP contribution in [0, 0.1) is 0 Å². The van der Waals surface area contributed by atoms with E-state index in [2.05, 4.69) is 6.58 Å². The fourth-order valence-corrected chi connectivity index (χ4v) is 3.26. The lowest BCUT2D eigenvalue weighted by Gasteiger charge is -2.34. The number of carbonyl (C=O) groups excluding carboxylic acids is 1. The summed E-state index contributed by atoms with van der Waals surface area (Å²) in [6.07, 6.45) is 5.42. The fraction of sp³-hybridized carbons (Fsp3) is 0.471. The molecular formula is C17H21NO3. The van der Waals surface area contributed by atoms with Crippen LogP contribution in [-0.4, -0.2) is 29.4 Å². The van der Waals surface area contributed by atoms with E-state index in [0.717, 1.165) is 31.2 Å². The number of hydrogen-bond acceptors (Lipinski definition) is 3. The molecule has 0 aromatic heterocycles. The van der Waals surface area contributed by atoms with Crippen LogP contribution in [-0.2, 0) is 16.1 Å². The maximum atomic E-state index is 12.5. The average Bonchev–Trinajstić information content (AvgIpc) is 3.14. The van der Waals surface area contributed by atoms with E-state index in [-0.39, 0.29) is 18.7 Å². The molecule has 2 aliphatic rings. The lowest BCUT2D eigenvalue weighted by Crippen LogP contribution is -2.49. The first-order valence-electron chi connectivity index (χ1n) is 7.52. The summed E-state index contributed by atoms with van der Waals surface area (Å²) >= 11 is 0. The average molecular weight is 287 g/mol. The molecule has 1 aliphatic carbocycles.